The molecule has 122 valence electrons. The zero-order chi connectivity index (χ0) is 16.2. The number of rotatable bonds is 4. The number of ether oxygens (including phenoxy) is 1. The average Bonchev–Trinajstić information content (AvgIpc) is 2.56. The van der Waals surface area contributed by atoms with Crippen LogP contribution in [0.1, 0.15) is 32.1 Å². The van der Waals surface area contributed by atoms with Gasteiger partial charge in [0.15, 0.2) is 5.82 Å². The van der Waals surface area contributed by atoms with Gasteiger partial charge in [-0.25, -0.2) is 4.98 Å². The van der Waals surface area contributed by atoms with Gasteiger partial charge in [0.1, 0.15) is 18.1 Å². The first-order chi connectivity index (χ1) is 11.1. The highest BCUT2D eigenvalue weighted by Crippen LogP contribution is 2.32. The van der Waals surface area contributed by atoms with E-state index in [0.717, 1.165) is 18.5 Å². The molecule has 1 aromatic carbocycles. The van der Waals surface area contributed by atoms with Gasteiger partial charge in [-0.05, 0) is 43.9 Å². The number of nitrogens with zero attached hydrogens (tertiary/aromatic N) is 2. The molecule has 0 radical (unpaired) electrons. The second-order valence-corrected chi connectivity index (χ2v) is 6.39. The fourth-order valence-corrected chi connectivity index (χ4v) is 2.92. The minimum absolute atomic E-state index is 0.179. The zero-order valence-electron chi connectivity index (χ0n) is 12.6. The number of anilines is 3. The first-order valence-electron chi connectivity index (χ1n) is 7.62. The molecule has 3 rings (SSSR count). The summed E-state index contributed by atoms with van der Waals surface area (Å²) >= 11 is 11.9. The first-order valence-corrected chi connectivity index (χ1v) is 8.38. The maximum Gasteiger partial charge on any atom is 0.242 e. The van der Waals surface area contributed by atoms with Crippen LogP contribution in [-0.2, 0) is 0 Å². The molecule has 0 unspecified atom stereocenters. The molecule has 1 heterocycles. The van der Waals surface area contributed by atoms with E-state index in [4.69, 9.17) is 33.7 Å². The Bertz CT molecular complexity index is 690. The Kier molecular flexibility index (Phi) is 5.08. The lowest BCUT2D eigenvalue weighted by Gasteiger charge is -2.23. The summed E-state index contributed by atoms with van der Waals surface area (Å²) in [6.07, 6.45) is 7.34. The van der Waals surface area contributed by atoms with Crippen molar-refractivity contribution in [3.8, 4) is 5.88 Å². The van der Waals surface area contributed by atoms with Gasteiger partial charge < -0.3 is 15.8 Å². The van der Waals surface area contributed by atoms with E-state index in [-0.39, 0.29) is 6.10 Å². The quantitative estimate of drug-likeness (QED) is 0.824. The molecular weight excluding hydrogens is 335 g/mol. The van der Waals surface area contributed by atoms with E-state index in [9.17, 15) is 0 Å². The second-order valence-electron chi connectivity index (χ2n) is 5.57. The fourth-order valence-electron chi connectivity index (χ4n) is 2.62. The summed E-state index contributed by atoms with van der Waals surface area (Å²) in [4.78, 5) is 8.34. The molecule has 5 nitrogen and oxygen atoms in total. The number of nitrogens with one attached hydrogen (secondary N) is 1. The smallest absolute Gasteiger partial charge is 0.242 e. The SMILES string of the molecule is Nc1c(Nc2ccc(Cl)c(Cl)c2)ncnc1OC1CCCCC1. The van der Waals surface area contributed by atoms with Crippen LogP contribution in [0.25, 0.3) is 0 Å². The fraction of sp³-hybridized carbons (Fsp3) is 0.375. The summed E-state index contributed by atoms with van der Waals surface area (Å²) in [5.74, 6) is 0.915. The van der Waals surface area contributed by atoms with Crippen molar-refractivity contribution in [1.82, 2.24) is 9.97 Å². The van der Waals surface area contributed by atoms with Crippen LogP contribution in [0.5, 0.6) is 5.88 Å². The van der Waals surface area contributed by atoms with Crippen molar-refractivity contribution in [3.05, 3.63) is 34.6 Å². The normalized spacial score (nSPS) is 15.4. The van der Waals surface area contributed by atoms with E-state index in [1.54, 1.807) is 18.2 Å². The summed E-state index contributed by atoms with van der Waals surface area (Å²) in [6.45, 7) is 0. The second kappa shape index (κ2) is 7.23. The molecule has 1 aliphatic rings. The Morgan fingerprint density at radius 1 is 1.09 bits per heavy atom. The molecule has 1 aliphatic carbocycles. The van der Waals surface area contributed by atoms with Gasteiger partial charge in [-0.15, -0.1) is 0 Å². The maximum atomic E-state index is 6.14. The third kappa shape index (κ3) is 3.98. The van der Waals surface area contributed by atoms with Crippen molar-refractivity contribution in [3.63, 3.8) is 0 Å². The highest BCUT2D eigenvalue weighted by atomic mass is 35.5. The molecule has 1 fully saturated rings. The molecular formula is C16H18Cl2N4O. The topological polar surface area (TPSA) is 73.1 Å². The molecule has 1 aromatic heterocycles. The van der Waals surface area contributed by atoms with Gasteiger partial charge in [0.25, 0.3) is 0 Å². The van der Waals surface area contributed by atoms with E-state index >= 15 is 0 Å². The average molecular weight is 353 g/mol. The number of nitrogens with two attached hydrogens (primary N) is 1. The van der Waals surface area contributed by atoms with Crippen LogP contribution in [0.4, 0.5) is 17.2 Å². The van der Waals surface area contributed by atoms with Crippen LogP contribution in [-0.4, -0.2) is 16.1 Å². The number of nitrogen functional groups attached to an aromatic ring is 1. The molecule has 0 aliphatic heterocycles. The van der Waals surface area contributed by atoms with E-state index < -0.39 is 0 Å². The Morgan fingerprint density at radius 3 is 2.61 bits per heavy atom. The summed E-state index contributed by atoms with van der Waals surface area (Å²) < 4.78 is 5.94. The van der Waals surface area contributed by atoms with Gasteiger partial charge in [0.2, 0.25) is 5.88 Å². The molecule has 0 atom stereocenters. The minimum Gasteiger partial charge on any atom is -0.473 e. The van der Waals surface area contributed by atoms with Crippen molar-refractivity contribution < 1.29 is 4.74 Å². The monoisotopic (exact) mass is 352 g/mol. The summed E-state index contributed by atoms with van der Waals surface area (Å²) in [6, 6.07) is 5.23. The number of benzene rings is 1. The third-order valence-corrected chi connectivity index (χ3v) is 4.60. The number of hydrogen-bond donors (Lipinski definition) is 2. The predicted octanol–water partition coefficient (Wildman–Crippen LogP) is 4.82. The van der Waals surface area contributed by atoms with E-state index in [2.05, 4.69) is 15.3 Å². The van der Waals surface area contributed by atoms with Crippen LogP contribution in [0.3, 0.4) is 0 Å². The Morgan fingerprint density at radius 2 is 1.87 bits per heavy atom. The van der Waals surface area contributed by atoms with Crippen LogP contribution in [0, 0.1) is 0 Å². The van der Waals surface area contributed by atoms with E-state index in [0.29, 0.717) is 27.4 Å². The number of halogens is 2. The minimum atomic E-state index is 0.179. The van der Waals surface area contributed by atoms with Crippen LogP contribution < -0.4 is 15.8 Å². The van der Waals surface area contributed by atoms with Gasteiger partial charge in [0, 0.05) is 5.69 Å². The third-order valence-electron chi connectivity index (χ3n) is 3.86. The van der Waals surface area contributed by atoms with E-state index in [1.807, 2.05) is 0 Å². The molecule has 0 bridgehead atoms. The molecule has 7 heteroatoms. The standard InChI is InChI=1S/C16H18Cl2N4O/c17-12-7-6-10(8-13(12)18)22-15-14(19)16(21-9-20-15)23-11-4-2-1-3-5-11/h6-9,11H,1-5,19H2,(H,20,21,22). The summed E-state index contributed by atoms with van der Waals surface area (Å²) in [5.41, 5.74) is 7.28. The highest BCUT2D eigenvalue weighted by Gasteiger charge is 2.18. The van der Waals surface area contributed by atoms with Gasteiger partial charge >= 0.3 is 0 Å². The molecule has 1 saturated carbocycles. The Hall–Kier alpha value is -1.72. The van der Waals surface area contributed by atoms with Gasteiger partial charge in [-0.2, -0.15) is 4.98 Å². The van der Waals surface area contributed by atoms with Crippen LogP contribution in [0.2, 0.25) is 10.0 Å². The van der Waals surface area contributed by atoms with Crippen LogP contribution >= 0.6 is 23.2 Å². The van der Waals surface area contributed by atoms with E-state index in [1.165, 1.54) is 25.6 Å². The molecule has 23 heavy (non-hydrogen) atoms. The lowest BCUT2D eigenvalue weighted by molar-refractivity contribution is 0.149. The van der Waals surface area contributed by atoms with Crippen LogP contribution in [0.15, 0.2) is 24.5 Å². The number of hydrogen-bond acceptors (Lipinski definition) is 5. The van der Waals surface area contributed by atoms with Gasteiger partial charge in [-0.1, -0.05) is 29.6 Å². The summed E-state index contributed by atoms with van der Waals surface area (Å²) in [7, 11) is 0. The Balaban J connectivity index is 1.77. The maximum absolute atomic E-state index is 6.14. The van der Waals surface area contributed by atoms with Gasteiger partial charge in [0.05, 0.1) is 10.0 Å². The highest BCUT2D eigenvalue weighted by molar-refractivity contribution is 6.42. The van der Waals surface area contributed by atoms with Crippen molar-refractivity contribution >= 4 is 40.4 Å². The Labute approximate surface area is 145 Å². The lowest BCUT2D eigenvalue weighted by Crippen LogP contribution is -2.21. The largest absolute Gasteiger partial charge is 0.473 e. The molecule has 0 spiro atoms. The predicted molar refractivity (Wildman–Crippen MR) is 93.7 cm³/mol. The van der Waals surface area contributed by atoms with Crippen molar-refractivity contribution in [1.29, 1.82) is 0 Å². The summed E-state index contributed by atoms with van der Waals surface area (Å²) in [5, 5.41) is 4.07. The van der Waals surface area contributed by atoms with Crippen molar-refractivity contribution in [2.24, 2.45) is 0 Å². The first kappa shape index (κ1) is 16.1. The molecule has 2 aromatic rings. The molecule has 3 N–H and O–H groups in total. The molecule has 0 amide bonds. The lowest BCUT2D eigenvalue weighted by atomic mass is 9.98. The molecule has 0 saturated heterocycles. The van der Waals surface area contributed by atoms with Crippen molar-refractivity contribution in [2.45, 2.75) is 38.2 Å². The van der Waals surface area contributed by atoms with Gasteiger partial charge in [-0.3, -0.25) is 0 Å². The van der Waals surface area contributed by atoms with Crippen molar-refractivity contribution in [2.75, 3.05) is 11.1 Å². The zero-order valence-corrected chi connectivity index (χ0v) is 14.1. The number of aromatic nitrogens is 2.